The molecule has 0 N–H and O–H groups in total. The first-order valence-corrected chi connectivity index (χ1v) is 8.56. The number of nitrogens with zero attached hydrogens (tertiary/aromatic N) is 4. The summed E-state index contributed by atoms with van der Waals surface area (Å²) in [5.74, 6) is 0.469. The number of hydrogen-bond donors (Lipinski definition) is 0. The summed E-state index contributed by atoms with van der Waals surface area (Å²) >= 11 is 0. The van der Waals surface area contributed by atoms with Crippen LogP contribution in [0.3, 0.4) is 0 Å². The minimum Gasteiger partial charge on any atom is -0.443 e. The molecular weight excluding hydrogens is 292 g/mol. The minimum absolute atomic E-state index is 0.0517. The average molecular weight is 308 g/mol. The van der Waals surface area contributed by atoms with Crippen molar-refractivity contribution in [3.05, 3.63) is 30.5 Å². The Balaban J connectivity index is 1.85. The molecule has 1 atom stereocenters. The number of oxazole rings is 1. The molecular formula is C13H16N4O3S. The summed E-state index contributed by atoms with van der Waals surface area (Å²) in [5.41, 5.74) is 1.34. The standard InChI is InChI=1S/C13H16N4O3S/c1-21(18,19)17-5-2-3-10(9-17)11-7-14-8-12(16-11)13-15-4-6-20-13/h4,6-8,10H,2-3,5,9H2,1H3. The molecule has 0 saturated carbocycles. The molecule has 0 aromatic carbocycles. The topological polar surface area (TPSA) is 89.2 Å². The van der Waals surface area contributed by atoms with Crippen molar-refractivity contribution in [1.29, 1.82) is 0 Å². The third-order valence-corrected chi connectivity index (χ3v) is 4.85. The van der Waals surface area contributed by atoms with E-state index >= 15 is 0 Å². The van der Waals surface area contributed by atoms with Crippen LogP contribution in [-0.2, 0) is 10.0 Å². The fourth-order valence-electron chi connectivity index (χ4n) is 2.52. The van der Waals surface area contributed by atoms with Crippen molar-refractivity contribution < 1.29 is 12.8 Å². The van der Waals surface area contributed by atoms with Gasteiger partial charge in [-0.05, 0) is 12.8 Å². The maximum absolute atomic E-state index is 11.7. The first-order chi connectivity index (χ1) is 10.0. The Morgan fingerprint density at radius 1 is 1.38 bits per heavy atom. The van der Waals surface area contributed by atoms with E-state index in [-0.39, 0.29) is 5.92 Å². The zero-order valence-corrected chi connectivity index (χ0v) is 12.5. The molecule has 8 heteroatoms. The molecule has 1 fully saturated rings. The number of rotatable bonds is 3. The Hall–Kier alpha value is -1.80. The molecule has 1 aliphatic rings. The van der Waals surface area contributed by atoms with Gasteiger partial charge in [0.05, 0.1) is 24.3 Å². The summed E-state index contributed by atoms with van der Waals surface area (Å²) in [6, 6.07) is 0. The molecule has 0 amide bonds. The first-order valence-electron chi connectivity index (χ1n) is 6.71. The van der Waals surface area contributed by atoms with Crippen molar-refractivity contribution in [2.75, 3.05) is 19.3 Å². The van der Waals surface area contributed by atoms with Crippen LogP contribution < -0.4 is 0 Å². The summed E-state index contributed by atoms with van der Waals surface area (Å²) in [6.07, 6.45) is 9.27. The molecule has 1 aliphatic heterocycles. The third-order valence-electron chi connectivity index (χ3n) is 3.58. The van der Waals surface area contributed by atoms with E-state index in [9.17, 15) is 8.42 Å². The summed E-state index contributed by atoms with van der Waals surface area (Å²) < 4.78 is 30.1. The summed E-state index contributed by atoms with van der Waals surface area (Å²) in [6.45, 7) is 1.02. The van der Waals surface area contributed by atoms with Crippen LogP contribution in [0.5, 0.6) is 0 Å². The van der Waals surface area contributed by atoms with Crippen LogP contribution in [0.4, 0.5) is 0 Å². The van der Waals surface area contributed by atoms with Gasteiger partial charge in [0.1, 0.15) is 12.0 Å². The monoisotopic (exact) mass is 308 g/mol. The maximum atomic E-state index is 11.7. The van der Waals surface area contributed by atoms with Crippen molar-refractivity contribution in [3.63, 3.8) is 0 Å². The van der Waals surface area contributed by atoms with Crippen molar-refractivity contribution >= 4 is 10.0 Å². The van der Waals surface area contributed by atoms with Gasteiger partial charge in [0.15, 0.2) is 0 Å². The molecule has 2 aromatic rings. The molecule has 1 unspecified atom stereocenters. The highest BCUT2D eigenvalue weighted by molar-refractivity contribution is 7.88. The Labute approximate surface area is 123 Å². The molecule has 7 nitrogen and oxygen atoms in total. The fourth-order valence-corrected chi connectivity index (χ4v) is 3.43. The average Bonchev–Trinajstić information content (AvgIpc) is 3.01. The molecule has 0 radical (unpaired) electrons. The van der Waals surface area contributed by atoms with Crippen LogP contribution in [0.25, 0.3) is 11.6 Å². The number of hydrogen-bond acceptors (Lipinski definition) is 6. The Bertz CT molecular complexity index is 715. The van der Waals surface area contributed by atoms with E-state index in [1.54, 1.807) is 18.6 Å². The van der Waals surface area contributed by atoms with E-state index in [4.69, 9.17) is 4.42 Å². The Kier molecular flexibility index (Phi) is 3.73. The third kappa shape index (κ3) is 3.11. The maximum Gasteiger partial charge on any atom is 0.246 e. The second-order valence-electron chi connectivity index (χ2n) is 5.13. The summed E-state index contributed by atoms with van der Waals surface area (Å²) in [4.78, 5) is 12.7. The van der Waals surface area contributed by atoms with Gasteiger partial charge in [0.2, 0.25) is 15.9 Å². The molecule has 0 spiro atoms. The highest BCUT2D eigenvalue weighted by Gasteiger charge is 2.28. The molecule has 2 aromatic heterocycles. The second kappa shape index (κ2) is 5.53. The molecule has 1 saturated heterocycles. The van der Waals surface area contributed by atoms with Gasteiger partial charge in [-0.25, -0.2) is 22.7 Å². The van der Waals surface area contributed by atoms with E-state index in [0.29, 0.717) is 24.7 Å². The number of piperidine rings is 1. The molecule has 3 heterocycles. The minimum atomic E-state index is -3.17. The lowest BCUT2D eigenvalue weighted by Crippen LogP contribution is -2.38. The van der Waals surface area contributed by atoms with Crippen molar-refractivity contribution in [2.45, 2.75) is 18.8 Å². The molecule has 112 valence electrons. The lowest BCUT2D eigenvalue weighted by atomic mass is 9.96. The van der Waals surface area contributed by atoms with Crippen LogP contribution in [0.1, 0.15) is 24.5 Å². The molecule has 21 heavy (non-hydrogen) atoms. The van der Waals surface area contributed by atoms with Crippen LogP contribution >= 0.6 is 0 Å². The lowest BCUT2D eigenvalue weighted by Gasteiger charge is -2.30. The molecule has 0 bridgehead atoms. The number of aromatic nitrogens is 3. The van der Waals surface area contributed by atoms with Gasteiger partial charge in [-0.15, -0.1) is 0 Å². The van der Waals surface area contributed by atoms with E-state index in [1.807, 2.05) is 0 Å². The van der Waals surface area contributed by atoms with Crippen LogP contribution in [0.2, 0.25) is 0 Å². The van der Waals surface area contributed by atoms with Crippen molar-refractivity contribution in [3.8, 4) is 11.6 Å². The normalized spacial score (nSPS) is 20.5. The Morgan fingerprint density at radius 2 is 2.24 bits per heavy atom. The summed E-state index contributed by atoms with van der Waals surface area (Å²) in [5, 5.41) is 0. The van der Waals surface area contributed by atoms with Crippen LogP contribution in [-0.4, -0.2) is 47.0 Å². The SMILES string of the molecule is CS(=O)(=O)N1CCCC(c2cncc(-c3ncco3)n2)C1. The van der Waals surface area contributed by atoms with Crippen molar-refractivity contribution in [2.24, 2.45) is 0 Å². The fraction of sp³-hybridized carbons (Fsp3) is 0.462. The van der Waals surface area contributed by atoms with Gasteiger partial charge in [-0.2, -0.15) is 0 Å². The van der Waals surface area contributed by atoms with Crippen LogP contribution in [0, 0.1) is 0 Å². The van der Waals surface area contributed by atoms with E-state index in [2.05, 4.69) is 15.0 Å². The Morgan fingerprint density at radius 3 is 2.95 bits per heavy atom. The highest BCUT2D eigenvalue weighted by Crippen LogP contribution is 2.27. The van der Waals surface area contributed by atoms with Gasteiger partial charge in [0, 0.05) is 25.2 Å². The second-order valence-corrected chi connectivity index (χ2v) is 7.11. The van der Waals surface area contributed by atoms with E-state index in [1.165, 1.54) is 16.8 Å². The first kappa shape index (κ1) is 14.2. The largest absolute Gasteiger partial charge is 0.443 e. The molecule has 0 aliphatic carbocycles. The quantitative estimate of drug-likeness (QED) is 0.848. The van der Waals surface area contributed by atoms with Crippen molar-refractivity contribution in [1.82, 2.24) is 19.3 Å². The zero-order valence-electron chi connectivity index (χ0n) is 11.6. The van der Waals surface area contributed by atoms with Gasteiger partial charge < -0.3 is 4.42 Å². The van der Waals surface area contributed by atoms with E-state index < -0.39 is 10.0 Å². The van der Waals surface area contributed by atoms with Gasteiger partial charge in [0.25, 0.3) is 0 Å². The predicted molar refractivity (Wildman–Crippen MR) is 75.9 cm³/mol. The van der Waals surface area contributed by atoms with E-state index in [0.717, 1.165) is 18.5 Å². The van der Waals surface area contributed by atoms with Gasteiger partial charge >= 0.3 is 0 Å². The lowest BCUT2D eigenvalue weighted by molar-refractivity contribution is 0.314. The zero-order chi connectivity index (χ0) is 14.9. The molecule has 3 rings (SSSR count). The smallest absolute Gasteiger partial charge is 0.246 e. The summed E-state index contributed by atoms with van der Waals surface area (Å²) in [7, 11) is -3.17. The van der Waals surface area contributed by atoms with Gasteiger partial charge in [-0.1, -0.05) is 0 Å². The van der Waals surface area contributed by atoms with Crippen LogP contribution in [0.15, 0.2) is 29.3 Å². The highest BCUT2D eigenvalue weighted by atomic mass is 32.2. The predicted octanol–water partition coefficient (Wildman–Crippen LogP) is 1.27. The number of sulfonamides is 1. The van der Waals surface area contributed by atoms with Gasteiger partial charge in [-0.3, -0.25) is 4.98 Å².